The van der Waals surface area contributed by atoms with E-state index in [0.29, 0.717) is 0 Å². The van der Waals surface area contributed by atoms with Crippen molar-refractivity contribution in [2.45, 2.75) is 0 Å². The van der Waals surface area contributed by atoms with Crippen LogP contribution in [0.1, 0.15) is 0 Å². The molecule has 0 saturated carbocycles. The Hall–Kier alpha value is -7.34. The summed E-state index contributed by atoms with van der Waals surface area (Å²) in [4.78, 5) is 83.3. The molecule has 10 aliphatic heterocycles. The van der Waals surface area contributed by atoms with Gasteiger partial charge in [0.2, 0.25) is 107 Å². The van der Waals surface area contributed by atoms with E-state index in [1.165, 1.54) is 14.7 Å². The summed E-state index contributed by atoms with van der Waals surface area (Å²) >= 11 is 0. The van der Waals surface area contributed by atoms with Crippen LogP contribution < -0.4 is 22.5 Å². The Morgan fingerprint density at radius 2 is 0.581 bits per heavy atom. The van der Waals surface area contributed by atoms with Crippen molar-refractivity contribution >= 4 is 107 Å². The first-order valence-electron chi connectivity index (χ1n) is 11.9. The minimum Gasteiger partial charge on any atom is -0.368 e. The summed E-state index contributed by atoms with van der Waals surface area (Å²) in [6, 6.07) is 0. The molecule has 0 aromatic heterocycles. The Morgan fingerprint density at radius 1 is 0.302 bits per heavy atom. The maximum Gasteiger partial charge on any atom is 0.246 e. The van der Waals surface area contributed by atoms with E-state index in [1.54, 1.807) is 0 Å². The molecule has 0 aromatic rings. The molecule has 9 bridgehead atoms. The van der Waals surface area contributed by atoms with Crippen LogP contribution in [0.4, 0.5) is 0 Å². The molecular weight excluding hydrogens is 566 g/mol. The second-order valence-corrected chi connectivity index (χ2v) is 8.86. The number of aliphatic imine (C=N–C) groups is 18. The van der Waals surface area contributed by atoms with Crippen LogP contribution in [0, 0.1) is 0 Å². The van der Waals surface area contributed by atoms with Gasteiger partial charge in [0.1, 0.15) is 0 Å². The van der Waals surface area contributed by atoms with Gasteiger partial charge in [-0.25, -0.2) is 14.7 Å². The predicted molar refractivity (Wildman–Crippen MR) is 155 cm³/mol. The zero-order valence-electron chi connectivity index (χ0n) is 20.6. The van der Waals surface area contributed by atoms with Crippen molar-refractivity contribution in [2.24, 2.45) is 107 Å². The molecule has 0 aliphatic carbocycles. The number of nitrogens with two attached hydrogens (primary N) is 3. The van der Waals surface area contributed by atoms with Crippen LogP contribution in [0.25, 0.3) is 0 Å². The van der Waals surface area contributed by atoms with Crippen molar-refractivity contribution in [3.8, 4) is 0 Å². The van der Waals surface area contributed by atoms with Gasteiger partial charge in [-0.1, -0.05) is 0 Å². The van der Waals surface area contributed by atoms with Gasteiger partial charge in [-0.2, -0.15) is 89.9 Å². The first-order chi connectivity index (χ1) is 20.9. The maximum atomic E-state index is 6.00. The SMILES string of the molecule is NC1=NC2=NC3=NC4=NC(=NC(=N1)N24)C1=NC2=NC(N)=NC4=NC(=NC(=N1)N24)C1=NC2=NC(N)=NC4=NC(=NC(=N1)N24)N3. The van der Waals surface area contributed by atoms with E-state index in [4.69, 9.17) is 17.2 Å². The van der Waals surface area contributed by atoms with Gasteiger partial charge in [-0.3, -0.25) is 5.32 Å². The molecule has 0 aromatic carbocycles. The minimum absolute atomic E-state index is 0.0000445. The largest absolute Gasteiger partial charge is 0.368 e. The lowest BCUT2D eigenvalue weighted by molar-refractivity contribution is 0.813. The standard InChI is InChI=1S/C18H7N25/c19-5-30-11-24-1-3-26-13-32-6(20)34-17-39-8(37-15(28-3)42(13)17)36-9-38-16-29-4(2-23-10(22-1)41(11)12(25-2)31-5)27-14-33-7(21)35-18(40-9)43(14)16/h(H2,19,22,23,24,25,30,31)(H5,20,21,26,27,28,29,32,33,34,35,36,37,38,39,40). The second kappa shape index (κ2) is 7.04. The van der Waals surface area contributed by atoms with E-state index in [1.807, 2.05) is 0 Å². The van der Waals surface area contributed by atoms with Gasteiger partial charge in [0.05, 0.1) is 0 Å². The fraction of sp³-hybridized carbons (Fsp3) is 0. The topological polar surface area (TPSA) is 322 Å². The first kappa shape index (κ1) is 21.5. The van der Waals surface area contributed by atoms with E-state index in [9.17, 15) is 0 Å². The van der Waals surface area contributed by atoms with Gasteiger partial charge < -0.3 is 17.2 Å². The Labute approximate surface area is 234 Å². The number of nitrogens with zero attached hydrogens (tertiary/aromatic N) is 21. The van der Waals surface area contributed by atoms with Crippen molar-refractivity contribution < 1.29 is 0 Å². The Morgan fingerprint density at radius 3 is 0.953 bits per heavy atom. The Bertz CT molecular complexity index is 2100. The second-order valence-electron chi connectivity index (χ2n) is 8.86. The molecule has 7 N–H and O–H groups in total. The quantitative estimate of drug-likeness (QED) is 0.218. The lowest BCUT2D eigenvalue weighted by Gasteiger charge is -2.32. The fourth-order valence-electron chi connectivity index (χ4n) is 4.52. The number of hydrogen-bond donors (Lipinski definition) is 4. The molecule has 10 heterocycles. The van der Waals surface area contributed by atoms with E-state index in [2.05, 4.69) is 95.2 Å². The molecule has 0 fully saturated rings. The number of nitrogens with one attached hydrogen (secondary N) is 1. The Kier molecular flexibility index (Phi) is 3.52. The van der Waals surface area contributed by atoms with Crippen molar-refractivity contribution in [1.82, 2.24) is 20.0 Å². The molecule has 25 heteroatoms. The molecule has 0 atom stereocenters. The number of hydrogen-bond acceptors (Lipinski definition) is 25. The third-order valence-corrected chi connectivity index (χ3v) is 6.18. The van der Waals surface area contributed by atoms with E-state index in [-0.39, 0.29) is 107 Å². The minimum atomic E-state index is -0.117. The number of rotatable bonds is 0. The number of fused-ring (bicyclic) bond motifs is 5. The lowest BCUT2D eigenvalue weighted by atomic mass is 10.4. The molecule has 25 nitrogen and oxygen atoms in total. The van der Waals surface area contributed by atoms with Gasteiger partial charge >= 0.3 is 0 Å². The average Bonchev–Trinajstić information content (AvgIpc) is 2.95. The summed E-state index contributed by atoms with van der Waals surface area (Å²) in [5, 5.41) is 2.92. The summed E-state index contributed by atoms with van der Waals surface area (Å²) in [7, 11) is 0. The van der Waals surface area contributed by atoms with Gasteiger partial charge in [0.25, 0.3) is 0 Å². The fourth-order valence-corrected chi connectivity index (χ4v) is 4.52. The molecule has 0 amide bonds. The van der Waals surface area contributed by atoms with Crippen LogP contribution in [0.3, 0.4) is 0 Å². The zero-order valence-corrected chi connectivity index (χ0v) is 20.6. The molecule has 43 heavy (non-hydrogen) atoms. The molecule has 10 rings (SSSR count). The third kappa shape index (κ3) is 2.91. The molecule has 0 saturated heterocycles. The lowest BCUT2D eigenvalue weighted by Crippen LogP contribution is -2.54. The zero-order chi connectivity index (χ0) is 28.6. The number of amidine groups is 4. The van der Waals surface area contributed by atoms with Crippen molar-refractivity contribution in [3.05, 3.63) is 0 Å². The summed E-state index contributed by atoms with van der Waals surface area (Å²) in [5.41, 5.74) is 17.9. The van der Waals surface area contributed by atoms with E-state index >= 15 is 0 Å². The monoisotopic (exact) mass is 573 g/mol. The van der Waals surface area contributed by atoms with Crippen molar-refractivity contribution in [1.29, 1.82) is 0 Å². The highest BCUT2D eigenvalue weighted by Gasteiger charge is 2.42. The highest BCUT2D eigenvalue weighted by Crippen LogP contribution is 2.23. The summed E-state index contributed by atoms with van der Waals surface area (Å²) in [5.74, 6) is 0.294. The van der Waals surface area contributed by atoms with Gasteiger partial charge in [-0.05, 0) is 0 Å². The van der Waals surface area contributed by atoms with Crippen LogP contribution in [0.5, 0.6) is 0 Å². The van der Waals surface area contributed by atoms with Gasteiger partial charge in [-0.15, -0.1) is 0 Å². The summed E-state index contributed by atoms with van der Waals surface area (Å²) in [6.07, 6.45) is 0. The van der Waals surface area contributed by atoms with E-state index in [0.717, 1.165) is 0 Å². The van der Waals surface area contributed by atoms with Crippen LogP contribution in [-0.2, 0) is 0 Å². The van der Waals surface area contributed by atoms with Crippen LogP contribution >= 0.6 is 0 Å². The highest BCUT2D eigenvalue weighted by atomic mass is 15.6. The van der Waals surface area contributed by atoms with Gasteiger partial charge in [0, 0.05) is 0 Å². The molecule has 0 radical (unpaired) electrons. The van der Waals surface area contributed by atoms with E-state index < -0.39 is 0 Å². The molecule has 0 spiro atoms. The average molecular weight is 573 g/mol. The molecule has 10 aliphatic rings. The number of guanidine groups is 14. The first-order valence-corrected chi connectivity index (χ1v) is 11.9. The normalized spacial score (nSPS) is 24.8. The molecular formula is C18H7N25. The van der Waals surface area contributed by atoms with Crippen LogP contribution in [0.15, 0.2) is 89.9 Å². The maximum absolute atomic E-state index is 6.00. The smallest absolute Gasteiger partial charge is 0.246 e. The highest BCUT2D eigenvalue weighted by molar-refractivity contribution is 6.54. The Balaban J connectivity index is 1.27. The summed E-state index contributed by atoms with van der Waals surface area (Å²) in [6.45, 7) is 0. The summed E-state index contributed by atoms with van der Waals surface area (Å²) < 4.78 is 0. The van der Waals surface area contributed by atoms with Crippen LogP contribution in [0.2, 0.25) is 0 Å². The predicted octanol–water partition coefficient (Wildman–Crippen LogP) is -4.93. The van der Waals surface area contributed by atoms with Crippen LogP contribution in [-0.4, -0.2) is 121 Å². The molecule has 0 unspecified atom stereocenters. The molecule has 204 valence electrons. The van der Waals surface area contributed by atoms with Gasteiger partial charge in [0.15, 0.2) is 0 Å². The van der Waals surface area contributed by atoms with Crippen molar-refractivity contribution in [2.75, 3.05) is 0 Å². The van der Waals surface area contributed by atoms with Crippen molar-refractivity contribution in [3.63, 3.8) is 0 Å². The third-order valence-electron chi connectivity index (χ3n) is 6.18.